The molecule has 0 saturated carbocycles. The number of hydrogen-bond acceptors (Lipinski definition) is 9. The Balaban J connectivity index is 2.33. The second-order valence-electron chi connectivity index (χ2n) is 5.65. The van der Waals surface area contributed by atoms with Crippen LogP contribution in [0.15, 0.2) is 18.2 Å². The third-order valence-electron chi connectivity index (χ3n) is 3.98. The van der Waals surface area contributed by atoms with Gasteiger partial charge >= 0.3 is 0 Å². The number of rotatable bonds is 7. The van der Waals surface area contributed by atoms with Crippen LogP contribution in [0.1, 0.15) is 5.56 Å². The van der Waals surface area contributed by atoms with Crippen molar-refractivity contribution in [3.05, 3.63) is 23.8 Å². The van der Waals surface area contributed by atoms with Crippen LogP contribution in [0.2, 0.25) is 0 Å². The molecule has 1 aliphatic heterocycles. The van der Waals surface area contributed by atoms with Gasteiger partial charge in [-0.3, -0.25) is 0 Å². The van der Waals surface area contributed by atoms with Gasteiger partial charge in [0.05, 0.1) is 27.4 Å². The molecule has 5 N–H and O–H groups in total. The summed E-state index contributed by atoms with van der Waals surface area (Å²) in [4.78, 5) is 0. The fraction of sp³-hybridized carbons (Fsp3) is 0.529. The molecule has 9 heteroatoms. The molecule has 1 heterocycles. The van der Waals surface area contributed by atoms with Crippen molar-refractivity contribution in [3.8, 4) is 17.2 Å². The lowest BCUT2D eigenvalue weighted by molar-refractivity contribution is -0.277. The Kier molecular flexibility index (Phi) is 7.21. The van der Waals surface area contributed by atoms with Crippen molar-refractivity contribution in [2.45, 2.75) is 30.7 Å². The number of benzene rings is 1. The van der Waals surface area contributed by atoms with E-state index in [-0.39, 0.29) is 23.9 Å². The summed E-state index contributed by atoms with van der Waals surface area (Å²) in [5.41, 5.74) is 0.675. The van der Waals surface area contributed by atoms with E-state index in [1.54, 1.807) is 18.2 Å². The van der Waals surface area contributed by atoms with Gasteiger partial charge in [0.25, 0.3) is 0 Å². The molecule has 2 rings (SSSR count). The molecule has 0 unspecified atom stereocenters. The molecule has 0 amide bonds. The van der Waals surface area contributed by atoms with Gasteiger partial charge in [0.15, 0.2) is 11.5 Å². The second-order valence-corrected chi connectivity index (χ2v) is 5.65. The molecule has 1 saturated heterocycles. The summed E-state index contributed by atoms with van der Waals surface area (Å²) in [6.07, 6.45) is -3.88. The van der Waals surface area contributed by atoms with Crippen molar-refractivity contribution >= 4 is 6.08 Å². The van der Waals surface area contributed by atoms with Crippen molar-refractivity contribution in [2.75, 3.05) is 27.4 Å². The van der Waals surface area contributed by atoms with E-state index in [9.17, 15) is 20.4 Å². The summed E-state index contributed by atoms with van der Waals surface area (Å²) >= 11 is 0. The maximum Gasteiger partial charge on any atom is 0.229 e. The predicted molar refractivity (Wildman–Crippen MR) is 90.1 cm³/mol. The van der Waals surface area contributed by atoms with E-state index in [1.165, 1.54) is 20.3 Å². The number of aliphatic hydroxyl groups is 5. The Hall–Kier alpha value is -1.88. The van der Waals surface area contributed by atoms with Gasteiger partial charge in [0.1, 0.15) is 24.4 Å². The van der Waals surface area contributed by atoms with Crippen LogP contribution in [0, 0.1) is 0 Å². The summed E-state index contributed by atoms with van der Waals surface area (Å²) in [7, 11) is 2.82. The lowest BCUT2D eigenvalue weighted by Crippen LogP contribution is -2.60. The first-order valence-corrected chi connectivity index (χ1v) is 7.97. The quantitative estimate of drug-likeness (QED) is 0.377. The minimum Gasteiger partial charge on any atom is -0.493 e. The number of ether oxygens (including phenoxy) is 4. The number of methoxy groups -OCH3 is 2. The van der Waals surface area contributed by atoms with Gasteiger partial charge in [-0.05, 0) is 17.7 Å². The van der Waals surface area contributed by atoms with Crippen molar-refractivity contribution in [1.82, 2.24) is 0 Å². The molecule has 1 aromatic rings. The van der Waals surface area contributed by atoms with Gasteiger partial charge < -0.3 is 44.5 Å². The Labute approximate surface area is 150 Å². The van der Waals surface area contributed by atoms with Crippen LogP contribution >= 0.6 is 0 Å². The van der Waals surface area contributed by atoms with E-state index in [4.69, 9.17) is 24.1 Å². The van der Waals surface area contributed by atoms with Crippen LogP contribution in [-0.4, -0.2) is 83.7 Å². The Morgan fingerprint density at radius 2 is 1.62 bits per heavy atom. The van der Waals surface area contributed by atoms with Crippen molar-refractivity contribution < 1.29 is 44.5 Å². The third kappa shape index (κ3) is 4.26. The normalized spacial score (nSPS) is 29.0. The van der Waals surface area contributed by atoms with E-state index in [2.05, 4.69) is 0 Å². The lowest BCUT2D eigenvalue weighted by Gasteiger charge is -2.39. The van der Waals surface area contributed by atoms with Crippen LogP contribution in [0.3, 0.4) is 0 Å². The predicted octanol–water partition coefficient (Wildman–Crippen LogP) is -1.11. The zero-order valence-electron chi connectivity index (χ0n) is 14.5. The van der Waals surface area contributed by atoms with Crippen LogP contribution in [-0.2, 0) is 4.74 Å². The zero-order valence-corrected chi connectivity index (χ0v) is 14.5. The van der Waals surface area contributed by atoms with Gasteiger partial charge in [-0.15, -0.1) is 0 Å². The largest absolute Gasteiger partial charge is 0.493 e. The molecule has 0 aliphatic carbocycles. The van der Waals surface area contributed by atoms with E-state index >= 15 is 0 Å². The molecule has 26 heavy (non-hydrogen) atoms. The highest BCUT2D eigenvalue weighted by molar-refractivity contribution is 5.62. The molecule has 9 nitrogen and oxygen atoms in total. The first kappa shape index (κ1) is 20.4. The lowest BCUT2D eigenvalue weighted by atomic mass is 9.99. The van der Waals surface area contributed by atoms with Crippen molar-refractivity contribution in [2.24, 2.45) is 0 Å². The maximum absolute atomic E-state index is 10.1. The summed E-state index contributed by atoms with van der Waals surface area (Å²) in [5.74, 6) is 0.637. The Bertz CT molecular complexity index is 591. The third-order valence-corrected chi connectivity index (χ3v) is 3.98. The molecule has 1 fully saturated rings. The van der Waals surface area contributed by atoms with E-state index in [0.29, 0.717) is 5.56 Å². The number of hydrogen-bond donors (Lipinski definition) is 5. The van der Waals surface area contributed by atoms with Gasteiger partial charge in [-0.1, -0.05) is 12.2 Å². The molecule has 1 aliphatic rings. The van der Waals surface area contributed by atoms with Crippen molar-refractivity contribution in [1.29, 1.82) is 0 Å². The fourth-order valence-electron chi connectivity index (χ4n) is 2.58. The summed E-state index contributed by atoms with van der Waals surface area (Å²) < 4.78 is 21.6. The highest BCUT2D eigenvalue weighted by Gasteiger charge is 2.45. The Morgan fingerprint density at radius 3 is 2.12 bits per heavy atom. The number of aliphatic hydroxyl groups excluding tert-OH is 5. The standard InChI is InChI=1S/C17H24O9/c1-23-10-6-9(4-3-5-18)7-11(24-2)16(10)26-17-15(22)14(21)13(20)12(8-19)25-17/h3-4,6-7,12-15,17-22H,5,8H2,1-2H3/b4-3+/t12-,13-,14+,15-,17+/m1/s1/i5+1. The first-order valence-electron chi connectivity index (χ1n) is 7.97. The smallest absolute Gasteiger partial charge is 0.229 e. The van der Waals surface area contributed by atoms with Gasteiger partial charge in [-0.2, -0.15) is 0 Å². The summed E-state index contributed by atoms with van der Waals surface area (Å²) in [6.45, 7) is -0.697. The monoisotopic (exact) mass is 373 g/mol. The minimum atomic E-state index is -1.56. The molecule has 5 atom stereocenters. The molecule has 1 aromatic carbocycles. The van der Waals surface area contributed by atoms with Crippen LogP contribution < -0.4 is 14.2 Å². The van der Waals surface area contributed by atoms with Gasteiger partial charge in [0, 0.05) is 0 Å². The maximum atomic E-state index is 10.1. The minimum absolute atomic E-state index is 0.112. The van der Waals surface area contributed by atoms with Gasteiger partial charge in [0.2, 0.25) is 12.0 Å². The molecular weight excluding hydrogens is 349 g/mol. The van der Waals surface area contributed by atoms with Gasteiger partial charge in [-0.25, -0.2) is 0 Å². The molecular formula is C17H24O9. The van der Waals surface area contributed by atoms with Crippen LogP contribution in [0.5, 0.6) is 17.2 Å². The summed E-state index contributed by atoms with van der Waals surface area (Å²) in [6, 6.07) is 3.24. The molecule has 0 radical (unpaired) electrons. The topological polar surface area (TPSA) is 138 Å². The highest BCUT2D eigenvalue weighted by Crippen LogP contribution is 2.40. The molecule has 0 bridgehead atoms. The SMILES string of the molecule is COc1cc(/C=C/[13CH2]O)cc(OC)c1O[C@@H]1O[C@H](CO)[C@@H](O)[C@H](O)[C@H]1O. The van der Waals surface area contributed by atoms with Crippen molar-refractivity contribution in [3.63, 3.8) is 0 Å². The summed E-state index contributed by atoms with van der Waals surface area (Å²) in [5, 5.41) is 48.0. The second kappa shape index (κ2) is 9.17. The van der Waals surface area contributed by atoms with E-state index in [0.717, 1.165) is 0 Å². The van der Waals surface area contributed by atoms with Crippen LogP contribution in [0.25, 0.3) is 6.08 Å². The van der Waals surface area contributed by atoms with E-state index in [1.807, 2.05) is 0 Å². The zero-order chi connectivity index (χ0) is 19.3. The first-order chi connectivity index (χ1) is 12.5. The van der Waals surface area contributed by atoms with E-state index < -0.39 is 37.3 Å². The molecule has 0 spiro atoms. The fourth-order valence-corrected chi connectivity index (χ4v) is 2.58. The average Bonchev–Trinajstić information content (AvgIpc) is 2.66. The Morgan fingerprint density at radius 1 is 1.00 bits per heavy atom. The highest BCUT2D eigenvalue weighted by atomic mass is 16.7. The average molecular weight is 373 g/mol. The molecule has 146 valence electrons. The van der Waals surface area contributed by atoms with Crippen LogP contribution in [0.4, 0.5) is 0 Å². The molecule has 0 aromatic heterocycles.